The van der Waals surface area contributed by atoms with Crippen LogP contribution in [0.25, 0.3) is 21.8 Å². The molecule has 6 aromatic carbocycles. The molecule has 320 valence electrons. The number of carbonyl (C=O) groups is 7. The lowest BCUT2D eigenvalue weighted by Crippen LogP contribution is -2.31. The second kappa shape index (κ2) is 14.9. The summed E-state index contributed by atoms with van der Waals surface area (Å²) in [6.45, 7) is 0. The molecule has 12 rings (SSSR count). The zero-order valence-corrected chi connectivity index (χ0v) is 35.3. The summed E-state index contributed by atoms with van der Waals surface area (Å²) in [4.78, 5) is 100. The van der Waals surface area contributed by atoms with E-state index in [0.717, 1.165) is 44.3 Å². The zero-order valence-electron chi connectivity index (χ0n) is 35.3. The molecule has 11 nitrogen and oxygen atoms in total. The van der Waals surface area contributed by atoms with Gasteiger partial charge in [-0.25, -0.2) is 0 Å². The molecule has 2 aliphatic carbocycles. The summed E-state index contributed by atoms with van der Waals surface area (Å²) in [5, 5.41) is 1.77. The predicted molar refractivity (Wildman–Crippen MR) is 246 cm³/mol. The van der Waals surface area contributed by atoms with E-state index >= 15 is 0 Å². The monoisotopic (exact) mass is 866 g/mol. The Balaban J connectivity index is 0.763. The van der Waals surface area contributed by atoms with E-state index in [1.807, 2.05) is 84.9 Å². The molecule has 0 N–H and O–H groups in total. The molecule has 0 spiro atoms. The van der Waals surface area contributed by atoms with E-state index in [1.165, 1.54) is 9.80 Å². The average molecular weight is 867 g/mol. The lowest BCUT2D eigenvalue weighted by atomic mass is 9.79. The number of nitrogens with zero attached hydrogens (tertiary/aromatic N) is 4. The van der Waals surface area contributed by atoms with Gasteiger partial charge in [0.25, 0.3) is 11.8 Å². The number of imide groups is 2. The fourth-order valence-corrected chi connectivity index (χ4v) is 11.0. The molecule has 4 aliphatic rings. The highest BCUT2D eigenvalue weighted by molar-refractivity contribution is 6.24. The molecule has 4 heterocycles. The summed E-state index contributed by atoms with van der Waals surface area (Å²) < 4.78 is 3.40. The Labute approximate surface area is 377 Å². The number of amides is 4. The number of benzene rings is 6. The van der Waals surface area contributed by atoms with Gasteiger partial charge in [-0.2, -0.15) is 0 Å². The molecule has 0 radical (unpaired) electrons. The standard InChI is InChI=1S/C55H38N4O7/c60-49(31-19-23-35(24-20-31)56-52(63)41-27-39-37-15-7-9-17-45(37)58(47(39)29-43(41)54(56)65)50(61)33-11-3-1-4-12-33)32-21-25-36(26-22-32)57-53(64)42-28-40-38-16-8-10-18-46(38)59(48(40)30-44(42)55(57)66)51(62)34-13-5-2-6-14-34/h1-26,41-44H,27-30H2/t41-,42+,43-,44+. The summed E-state index contributed by atoms with van der Waals surface area (Å²) >= 11 is 0. The third-order valence-electron chi connectivity index (χ3n) is 14.2. The Morgan fingerprint density at radius 2 is 0.697 bits per heavy atom. The van der Waals surface area contributed by atoms with Crippen molar-refractivity contribution in [3.8, 4) is 0 Å². The Morgan fingerprint density at radius 3 is 1.08 bits per heavy atom. The molecule has 0 unspecified atom stereocenters. The maximum absolute atomic E-state index is 14.1. The van der Waals surface area contributed by atoms with Gasteiger partial charge in [-0.15, -0.1) is 0 Å². The van der Waals surface area contributed by atoms with E-state index in [-0.39, 0.29) is 54.1 Å². The van der Waals surface area contributed by atoms with Crippen LogP contribution in [0.4, 0.5) is 11.4 Å². The minimum absolute atomic E-state index is 0.191. The first-order valence-corrected chi connectivity index (χ1v) is 22.1. The van der Waals surface area contributed by atoms with Crippen molar-refractivity contribution in [3.63, 3.8) is 0 Å². The van der Waals surface area contributed by atoms with Crippen molar-refractivity contribution in [2.75, 3.05) is 9.80 Å². The first kappa shape index (κ1) is 39.3. The number of fused-ring (bicyclic) bond motifs is 8. The van der Waals surface area contributed by atoms with E-state index in [4.69, 9.17) is 0 Å². The van der Waals surface area contributed by atoms with Crippen LogP contribution >= 0.6 is 0 Å². The van der Waals surface area contributed by atoms with Crippen LogP contribution in [-0.2, 0) is 44.9 Å². The van der Waals surface area contributed by atoms with E-state index in [9.17, 15) is 33.6 Å². The third-order valence-corrected chi connectivity index (χ3v) is 14.2. The molecule has 66 heavy (non-hydrogen) atoms. The number of aromatic nitrogens is 2. The molecule has 0 bridgehead atoms. The topological polar surface area (TPSA) is 136 Å². The lowest BCUT2D eigenvalue weighted by Gasteiger charge is -2.23. The summed E-state index contributed by atoms with van der Waals surface area (Å²) in [5.74, 6) is -4.51. The van der Waals surface area contributed by atoms with Gasteiger partial charge < -0.3 is 0 Å². The minimum atomic E-state index is -0.651. The lowest BCUT2D eigenvalue weighted by molar-refractivity contribution is -0.124. The Morgan fingerprint density at radius 1 is 0.364 bits per heavy atom. The Bertz CT molecular complexity index is 3200. The van der Waals surface area contributed by atoms with Crippen LogP contribution < -0.4 is 9.80 Å². The normalized spacial score (nSPS) is 19.8. The van der Waals surface area contributed by atoms with Crippen molar-refractivity contribution in [1.29, 1.82) is 0 Å². The largest absolute Gasteiger partial charge is 0.289 e. The quantitative estimate of drug-likeness (QED) is 0.122. The van der Waals surface area contributed by atoms with Gasteiger partial charge in [-0.05, 0) is 109 Å². The van der Waals surface area contributed by atoms with E-state index in [0.29, 0.717) is 46.5 Å². The summed E-state index contributed by atoms with van der Waals surface area (Å²) in [6.07, 6.45) is 1.11. The Hall–Kier alpha value is -8.31. The first-order valence-electron chi connectivity index (χ1n) is 22.1. The van der Waals surface area contributed by atoms with Gasteiger partial charge in [0, 0.05) is 57.3 Å². The van der Waals surface area contributed by atoms with Crippen molar-refractivity contribution in [1.82, 2.24) is 9.13 Å². The number of carbonyl (C=O) groups excluding carboxylic acids is 7. The van der Waals surface area contributed by atoms with E-state index < -0.39 is 23.7 Å². The van der Waals surface area contributed by atoms with Crippen molar-refractivity contribution >= 4 is 74.4 Å². The van der Waals surface area contributed by atoms with Gasteiger partial charge in [-0.3, -0.25) is 52.5 Å². The van der Waals surface area contributed by atoms with E-state index in [1.54, 1.807) is 81.9 Å². The summed E-state index contributed by atoms with van der Waals surface area (Å²) in [5.41, 5.74) is 7.19. The summed E-state index contributed by atoms with van der Waals surface area (Å²) in [7, 11) is 0. The van der Waals surface area contributed by atoms with Crippen LogP contribution in [0.5, 0.6) is 0 Å². The maximum atomic E-state index is 14.1. The number of anilines is 2. The molecule has 2 aliphatic heterocycles. The van der Waals surface area contributed by atoms with Crippen LogP contribution in [0.15, 0.2) is 158 Å². The highest BCUT2D eigenvalue weighted by Crippen LogP contribution is 2.45. The van der Waals surface area contributed by atoms with Crippen LogP contribution in [-0.4, -0.2) is 50.4 Å². The van der Waals surface area contributed by atoms with Gasteiger partial charge in [0.2, 0.25) is 23.6 Å². The highest BCUT2D eigenvalue weighted by Gasteiger charge is 2.53. The number of rotatable bonds is 6. The molecule has 2 saturated heterocycles. The van der Waals surface area contributed by atoms with Crippen LogP contribution in [0.3, 0.4) is 0 Å². The molecule has 4 atom stereocenters. The number of para-hydroxylation sites is 2. The summed E-state index contributed by atoms with van der Waals surface area (Å²) in [6, 6.07) is 46.0. The number of ketones is 1. The van der Waals surface area contributed by atoms with Crippen molar-refractivity contribution in [2.24, 2.45) is 23.7 Å². The number of hydrogen-bond donors (Lipinski definition) is 0. The van der Waals surface area contributed by atoms with Crippen LogP contribution in [0.1, 0.15) is 59.2 Å². The molecule has 0 saturated carbocycles. The second-order valence-electron chi connectivity index (χ2n) is 17.6. The molecular weight excluding hydrogens is 829 g/mol. The molecule has 8 aromatic rings. The Kier molecular flexibility index (Phi) is 8.86. The molecule has 2 aromatic heterocycles. The zero-order chi connectivity index (χ0) is 45.0. The average Bonchev–Trinajstić information content (AvgIpc) is 4.03. The van der Waals surface area contributed by atoms with Gasteiger partial charge >= 0.3 is 0 Å². The van der Waals surface area contributed by atoms with E-state index in [2.05, 4.69) is 0 Å². The van der Waals surface area contributed by atoms with Gasteiger partial charge in [-0.1, -0.05) is 72.8 Å². The SMILES string of the molecule is O=C(c1ccc(N2C(=O)[C@H]3Cc4c(n(C(=O)c5ccccc5)c5ccccc45)C[C@@H]3C2=O)cc1)c1ccc(N2C(=O)[C@@H]3Cc4c(n(C(=O)c5ccccc5)c5ccccc45)C[C@H]3C2=O)cc1. The van der Waals surface area contributed by atoms with Crippen LogP contribution in [0.2, 0.25) is 0 Å². The fourth-order valence-electron chi connectivity index (χ4n) is 11.0. The molecule has 4 amide bonds. The molecule has 2 fully saturated rings. The molecule has 11 heteroatoms. The fraction of sp³-hybridized carbons (Fsp3) is 0.145. The minimum Gasteiger partial charge on any atom is -0.289 e. The van der Waals surface area contributed by atoms with Crippen molar-refractivity contribution in [3.05, 3.63) is 202 Å². The van der Waals surface area contributed by atoms with Crippen molar-refractivity contribution in [2.45, 2.75) is 25.7 Å². The number of hydrogen-bond acceptors (Lipinski definition) is 7. The smallest absolute Gasteiger partial charge is 0.262 e. The van der Waals surface area contributed by atoms with Gasteiger partial charge in [0.15, 0.2) is 5.78 Å². The highest BCUT2D eigenvalue weighted by atomic mass is 16.2. The van der Waals surface area contributed by atoms with Gasteiger partial charge in [0.1, 0.15) is 0 Å². The third kappa shape index (κ3) is 5.78. The maximum Gasteiger partial charge on any atom is 0.262 e. The van der Waals surface area contributed by atoms with Gasteiger partial charge in [0.05, 0.1) is 46.1 Å². The predicted octanol–water partition coefficient (Wildman–Crippen LogP) is 8.01. The van der Waals surface area contributed by atoms with Crippen molar-refractivity contribution < 1.29 is 33.6 Å². The van der Waals surface area contributed by atoms with Crippen LogP contribution in [0, 0.1) is 23.7 Å². The molecular formula is C55H38N4O7. The first-order chi connectivity index (χ1) is 32.2. The second-order valence-corrected chi connectivity index (χ2v) is 17.6.